The normalized spacial score (nSPS) is 23.6. The van der Waals surface area contributed by atoms with Crippen LogP contribution in [-0.4, -0.2) is 36.6 Å². The lowest BCUT2D eigenvalue weighted by atomic mass is 10.2. The summed E-state index contributed by atoms with van der Waals surface area (Å²) in [6.45, 7) is 5.97. The van der Waals surface area contributed by atoms with E-state index in [1.807, 2.05) is 6.20 Å². The van der Waals surface area contributed by atoms with E-state index in [1.54, 1.807) is 7.11 Å². The van der Waals surface area contributed by atoms with E-state index in [1.165, 1.54) is 12.1 Å². The number of nitrogens with zero attached hydrogens (tertiary/aromatic N) is 2. The van der Waals surface area contributed by atoms with E-state index >= 15 is 0 Å². The Morgan fingerprint density at radius 2 is 2.50 bits per heavy atom. The number of nitrogens with one attached hydrogen (secondary N) is 1. The van der Waals surface area contributed by atoms with Crippen molar-refractivity contribution in [2.24, 2.45) is 5.92 Å². The van der Waals surface area contributed by atoms with Crippen LogP contribution in [0.5, 0.6) is 0 Å². The van der Waals surface area contributed by atoms with Crippen molar-refractivity contribution in [3.8, 4) is 0 Å². The zero-order chi connectivity index (χ0) is 11.4. The third-order valence-corrected chi connectivity index (χ3v) is 3.24. The molecular formula is C12H21N3O. The summed E-state index contributed by atoms with van der Waals surface area (Å²) in [4.78, 5) is 0. The Morgan fingerprint density at radius 3 is 3.25 bits per heavy atom. The molecule has 90 valence electrons. The molecule has 16 heavy (non-hydrogen) atoms. The maximum Gasteiger partial charge on any atom is 0.0587 e. The van der Waals surface area contributed by atoms with Gasteiger partial charge in [-0.15, -0.1) is 0 Å². The molecule has 1 aromatic rings. The van der Waals surface area contributed by atoms with Gasteiger partial charge in [-0.2, -0.15) is 5.10 Å². The summed E-state index contributed by atoms with van der Waals surface area (Å²) in [5, 5.41) is 7.74. The fourth-order valence-corrected chi connectivity index (χ4v) is 2.22. The minimum absolute atomic E-state index is 0.720. The molecule has 1 N–H and O–H groups in total. The monoisotopic (exact) mass is 223 g/mol. The first kappa shape index (κ1) is 11.6. The molecule has 1 aromatic heterocycles. The van der Waals surface area contributed by atoms with E-state index in [-0.39, 0.29) is 0 Å². The second-order valence-corrected chi connectivity index (χ2v) is 4.37. The lowest BCUT2D eigenvalue weighted by Crippen LogP contribution is -2.22. The molecule has 0 spiro atoms. The summed E-state index contributed by atoms with van der Waals surface area (Å²) in [5.74, 6) is 1.51. The molecule has 2 atom stereocenters. The highest BCUT2D eigenvalue weighted by atomic mass is 16.5. The predicted molar refractivity (Wildman–Crippen MR) is 63.5 cm³/mol. The molecule has 2 unspecified atom stereocenters. The number of methoxy groups -OCH3 is 1. The van der Waals surface area contributed by atoms with Crippen LogP contribution >= 0.6 is 0 Å². The third kappa shape index (κ3) is 2.62. The van der Waals surface area contributed by atoms with E-state index < -0.39 is 0 Å². The summed E-state index contributed by atoms with van der Waals surface area (Å²) in [6.07, 6.45) is 3.21. The van der Waals surface area contributed by atoms with Crippen molar-refractivity contribution in [1.82, 2.24) is 15.1 Å². The van der Waals surface area contributed by atoms with Crippen molar-refractivity contribution >= 4 is 0 Å². The number of aromatic nitrogens is 2. The van der Waals surface area contributed by atoms with Crippen LogP contribution in [0.4, 0.5) is 0 Å². The summed E-state index contributed by atoms with van der Waals surface area (Å²) in [6, 6.07) is 2.16. The van der Waals surface area contributed by atoms with Crippen LogP contribution in [0.2, 0.25) is 0 Å². The Morgan fingerprint density at radius 1 is 1.62 bits per heavy atom. The number of aryl methyl sites for hydroxylation is 1. The average Bonchev–Trinajstić information content (AvgIpc) is 2.90. The van der Waals surface area contributed by atoms with Gasteiger partial charge in [-0.1, -0.05) is 0 Å². The van der Waals surface area contributed by atoms with Gasteiger partial charge in [-0.05, 0) is 31.9 Å². The summed E-state index contributed by atoms with van der Waals surface area (Å²) in [5.41, 5.74) is 1.40. The van der Waals surface area contributed by atoms with Crippen LogP contribution in [0.15, 0.2) is 12.3 Å². The van der Waals surface area contributed by atoms with Crippen molar-refractivity contribution in [3.63, 3.8) is 0 Å². The first-order valence-electron chi connectivity index (χ1n) is 6.08. The van der Waals surface area contributed by atoms with Crippen LogP contribution in [0.25, 0.3) is 0 Å². The SMILES string of the molecule is CCn1nccc1C1CC1CNCCOC. The van der Waals surface area contributed by atoms with Crippen molar-refractivity contribution in [1.29, 1.82) is 0 Å². The van der Waals surface area contributed by atoms with Gasteiger partial charge in [0.1, 0.15) is 0 Å². The summed E-state index contributed by atoms with van der Waals surface area (Å²) >= 11 is 0. The Labute approximate surface area is 97.0 Å². The van der Waals surface area contributed by atoms with Gasteiger partial charge in [0.05, 0.1) is 6.61 Å². The molecule has 1 fully saturated rings. The summed E-state index contributed by atoms with van der Waals surface area (Å²) in [7, 11) is 1.74. The highest BCUT2D eigenvalue weighted by Crippen LogP contribution is 2.46. The minimum atomic E-state index is 0.720. The molecule has 0 amide bonds. The van der Waals surface area contributed by atoms with Crippen molar-refractivity contribution < 1.29 is 4.74 Å². The lowest BCUT2D eigenvalue weighted by molar-refractivity contribution is 0.199. The van der Waals surface area contributed by atoms with Gasteiger partial charge in [0.25, 0.3) is 0 Å². The molecule has 1 saturated carbocycles. The number of ether oxygens (including phenoxy) is 1. The van der Waals surface area contributed by atoms with E-state index in [0.717, 1.165) is 38.1 Å². The zero-order valence-corrected chi connectivity index (χ0v) is 10.1. The van der Waals surface area contributed by atoms with E-state index in [0.29, 0.717) is 0 Å². The largest absolute Gasteiger partial charge is 0.383 e. The number of hydrogen-bond acceptors (Lipinski definition) is 3. The first-order valence-corrected chi connectivity index (χ1v) is 6.08. The fourth-order valence-electron chi connectivity index (χ4n) is 2.22. The molecule has 1 heterocycles. The Kier molecular flexibility index (Phi) is 3.96. The minimum Gasteiger partial charge on any atom is -0.383 e. The van der Waals surface area contributed by atoms with Crippen LogP contribution in [-0.2, 0) is 11.3 Å². The first-order chi connectivity index (χ1) is 7.86. The standard InChI is InChI=1S/C12H21N3O/c1-3-15-12(4-5-14-15)11-8-10(11)9-13-6-7-16-2/h4-5,10-11,13H,3,6-9H2,1-2H3. The van der Waals surface area contributed by atoms with Gasteiger partial charge >= 0.3 is 0 Å². The van der Waals surface area contributed by atoms with Crippen molar-refractivity contribution in [2.45, 2.75) is 25.8 Å². The van der Waals surface area contributed by atoms with E-state index in [2.05, 4.69) is 28.1 Å². The van der Waals surface area contributed by atoms with Gasteiger partial charge in [0.2, 0.25) is 0 Å². The van der Waals surface area contributed by atoms with Gasteiger partial charge in [-0.3, -0.25) is 4.68 Å². The number of hydrogen-bond donors (Lipinski definition) is 1. The molecule has 4 nitrogen and oxygen atoms in total. The van der Waals surface area contributed by atoms with Crippen molar-refractivity contribution in [2.75, 3.05) is 26.8 Å². The predicted octanol–water partition coefficient (Wildman–Crippen LogP) is 1.24. The molecule has 0 saturated heterocycles. The van der Waals surface area contributed by atoms with E-state index in [4.69, 9.17) is 4.74 Å². The molecule has 0 aromatic carbocycles. The number of rotatable bonds is 7. The van der Waals surface area contributed by atoms with Crippen LogP contribution < -0.4 is 5.32 Å². The Bertz CT molecular complexity index is 324. The molecule has 1 aliphatic rings. The zero-order valence-electron chi connectivity index (χ0n) is 10.1. The topological polar surface area (TPSA) is 39.1 Å². The smallest absolute Gasteiger partial charge is 0.0587 e. The van der Waals surface area contributed by atoms with E-state index in [9.17, 15) is 0 Å². The van der Waals surface area contributed by atoms with Gasteiger partial charge in [-0.25, -0.2) is 0 Å². The fraction of sp³-hybridized carbons (Fsp3) is 0.750. The maximum absolute atomic E-state index is 5.00. The molecule has 0 radical (unpaired) electrons. The quantitative estimate of drug-likeness (QED) is 0.707. The molecule has 2 rings (SSSR count). The molecular weight excluding hydrogens is 202 g/mol. The molecule has 0 aliphatic heterocycles. The van der Waals surface area contributed by atoms with Crippen LogP contribution in [0, 0.1) is 5.92 Å². The Balaban J connectivity index is 1.74. The maximum atomic E-state index is 5.00. The van der Waals surface area contributed by atoms with Gasteiger partial charge in [0.15, 0.2) is 0 Å². The molecule has 0 bridgehead atoms. The van der Waals surface area contributed by atoms with Crippen molar-refractivity contribution in [3.05, 3.63) is 18.0 Å². The Hall–Kier alpha value is -0.870. The summed E-state index contributed by atoms with van der Waals surface area (Å²) < 4.78 is 7.11. The second kappa shape index (κ2) is 5.46. The highest BCUT2D eigenvalue weighted by Gasteiger charge is 2.39. The second-order valence-electron chi connectivity index (χ2n) is 4.37. The van der Waals surface area contributed by atoms with Gasteiger partial charge in [0, 0.05) is 38.0 Å². The molecule has 1 aliphatic carbocycles. The van der Waals surface area contributed by atoms with Crippen LogP contribution in [0.1, 0.15) is 25.0 Å². The van der Waals surface area contributed by atoms with Crippen LogP contribution in [0.3, 0.4) is 0 Å². The third-order valence-electron chi connectivity index (χ3n) is 3.24. The van der Waals surface area contributed by atoms with Gasteiger partial charge < -0.3 is 10.1 Å². The lowest BCUT2D eigenvalue weighted by Gasteiger charge is -2.05. The highest BCUT2D eigenvalue weighted by molar-refractivity contribution is 5.17. The average molecular weight is 223 g/mol. The molecule has 4 heteroatoms.